The van der Waals surface area contributed by atoms with E-state index >= 15 is 0 Å². The third kappa shape index (κ3) is 3.24. The SMILES string of the molecule is CC(C)n1cnc(S(=O)(=O)N2C[C@H](c3ccccc3)OC[C@@H]2C)c1. The largest absolute Gasteiger partial charge is 0.370 e. The number of morpholine rings is 1. The van der Waals surface area contributed by atoms with Gasteiger partial charge in [-0.1, -0.05) is 30.3 Å². The number of hydrogen-bond acceptors (Lipinski definition) is 4. The van der Waals surface area contributed by atoms with Gasteiger partial charge in [-0.15, -0.1) is 0 Å². The summed E-state index contributed by atoms with van der Waals surface area (Å²) in [6, 6.07) is 9.65. The van der Waals surface area contributed by atoms with Crippen molar-refractivity contribution in [1.82, 2.24) is 13.9 Å². The minimum Gasteiger partial charge on any atom is -0.370 e. The van der Waals surface area contributed by atoms with Gasteiger partial charge in [-0.05, 0) is 26.3 Å². The Morgan fingerprint density at radius 3 is 2.58 bits per heavy atom. The van der Waals surface area contributed by atoms with Crippen molar-refractivity contribution in [3.8, 4) is 0 Å². The van der Waals surface area contributed by atoms with Crippen molar-refractivity contribution in [3.63, 3.8) is 0 Å². The highest BCUT2D eigenvalue weighted by Crippen LogP contribution is 2.29. The number of hydrogen-bond donors (Lipinski definition) is 0. The number of rotatable bonds is 4. The van der Waals surface area contributed by atoms with Crippen molar-refractivity contribution in [1.29, 1.82) is 0 Å². The van der Waals surface area contributed by atoms with Crippen LogP contribution in [-0.2, 0) is 14.8 Å². The van der Waals surface area contributed by atoms with Gasteiger partial charge in [-0.2, -0.15) is 4.31 Å². The van der Waals surface area contributed by atoms with Crippen LogP contribution in [0.25, 0.3) is 0 Å². The van der Waals surface area contributed by atoms with E-state index in [2.05, 4.69) is 4.98 Å². The van der Waals surface area contributed by atoms with E-state index in [0.29, 0.717) is 13.2 Å². The molecular formula is C17H23N3O3S. The zero-order valence-electron chi connectivity index (χ0n) is 14.2. The number of imidazole rings is 1. The van der Waals surface area contributed by atoms with Gasteiger partial charge in [0.2, 0.25) is 0 Å². The van der Waals surface area contributed by atoms with Gasteiger partial charge >= 0.3 is 0 Å². The van der Waals surface area contributed by atoms with Gasteiger partial charge in [0.15, 0.2) is 5.03 Å². The first-order valence-electron chi connectivity index (χ1n) is 8.11. The second-order valence-corrected chi connectivity index (χ2v) is 8.25. The molecule has 0 N–H and O–H groups in total. The summed E-state index contributed by atoms with van der Waals surface area (Å²) in [5, 5.41) is 0.0942. The molecule has 2 aromatic rings. The molecule has 1 aromatic heterocycles. The zero-order chi connectivity index (χ0) is 17.3. The number of ether oxygens (including phenoxy) is 1. The molecule has 3 rings (SSSR count). The van der Waals surface area contributed by atoms with Crippen LogP contribution >= 0.6 is 0 Å². The van der Waals surface area contributed by atoms with Gasteiger partial charge in [0, 0.05) is 24.8 Å². The number of nitrogens with zero attached hydrogens (tertiary/aromatic N) is 3. The summed E-state index contributed by atoms with van der Waals surface area (Å²) in [4.78, 5) is 4.11. The van der Waals surface area contributed by atoms with Crippen LogP contribution in [0.15, 0.2) is 47.9 Å². The molecule has 0 amide bonds. The fourth-order valence-corrected chi connectivity index (χ4v) is 4.33. The summed E-state index contributed by atoms with van der Waals surface area (Å²) in [6.07, 6.45) is 2.90. The summed E-state index contributed by atoms with van der Waals surface area (Å²) in [7, 11) is -3.64. The van der Waals surface area contributed by atoms with Crippen LogP contribution < -0.4 is 0 Å². The van der Waals surface area contributed by atoms with E-state index in [1.54, 1.807) is 17.1 Å². The average molecular weight is 349 g/mol. The van der Waals surface area contributed by atoms with E-state index in [1.165, 1.54) is 4.31 Å². The Morgan fingerprint density at radius 1 is 1.25 bits per heavy atom. The number of benzene rings is 1. The molecule has 1 fully saturated rings. The summed E-state index contributed by atoms with van der Waals surface area (Å²) in [5.41, 5.74) is 0.984. The fourth-order valence-electron chi connectivity index (χ4n) is 2.79. The lowest BCUT2D eigenvalue weighted by Crippen LogP contribution is -2.48. The smallest absolute Gasteiger partial charge is 0.262 e. The molecule has 7 heteroatoms. The summed E-state index contributed by atoms with van der Waals surface area (Å²) >= 11 is 0. The van der Waals surface area contributed by atoms with E-state index in [-0.39, 0.29) is 23.2 Å². The molecule has 2 atom stereocenters. The Balaban J connectivity index is 1.87. The molecule has 1 aromatic carbocycles. The monoisotopic (exact) mass is 349 g/mol. The summed E-state index contributed by atoms with van der Waals surface area (Å²) in [5.74, 6) is 0. The van der Waals surface area contributed by atoms with Crippen LogP contribution in [0.5, 0.6) is 0 Å². The number of aromatic nitrogens is 2. The quantitative estimate of drug-likeness (QED) is 0.851. The topological polar surface area (TPSA) is 64.4 Å². The lowest BCUT2D eigenvalue weighted by atomic mass is 10.1. The third-order valence-electron chi connectivity index (χ3n) is 4.29. The highest BCUT2D eigenvalue weighted by Gasteiger charge is 2.37. The first-order chi connectivity index (χ1) is 11.4. The van der Waals surface area contributed by atoms with Crippen LogP contribution in [0.4, 0.5) is 0 Å². The normalized spacial score (nSPS) is 22.8. The maximum atomic E-state index is 13.0. The Hall–Kier alpha value is -1.70. The van der Waals surface area contributed by atoms with Crippen molar-refractivity contribution in [2.75, 3.05) is 13.2 Å². The van der Waals surface area contributed by atoms with Gasteiger partial charge in [-0.3, -0.25) is 0 Å². The van der Waals surface area contributed by atoms with Gasteiger partial charge in [0.25, 0.3) is 10.0 Å². The summed E-state index contributed by atoms with van der Waals surface area (Å²) in [6.45, 7) is 6.49. The molecule has 1 saturated heterocycles. The average Bonchev–Trinajstić information content (AvgIpc) is 3.07. The highest BCUT2D eigenvalue weighted by atomic mass is 32.2. The van der Waals surface area contributed by atoms with Crippen LogP contribution in [-0.4, -0.2) is 41.5 Å². The molecule has 0 radical (unpaired) electrons. The van der Waals surface area contributed by atoms with E-state index in [0.717, 1.165) is 5.56 Å². The Kier molecular flexibility index (Phi) is 4.76. The molecule has 0 saturated carbocycles. The lowest BCUT2D eigenvalue weighted by molar-refractivity contribution is -0.0289. The van der Waals surface area contributed by atoms with Gasteiger partial charge < -0.3 is 9.30 Å². The molecule has 0 aliphatic carbocycles. The Bertz CT molecular complexity index is 786. The minimum absolute atomic E-state index is 0.0942. The van der Waals surface area contributed by atoms with E-state index in [1.807, 2.05) is 51.1 Å². The zero-order valence-corrected chi connectivity index (χ0v) is 15.0. The molecule has 2 heterocycles. The molecule has 130 valence electrons. The molecule has 1 aliphatic rings. The number of sulfonamides is 1. The van der Waals surface area contributed by atoms with E-state index in [9.17, 15) is 8.42 Å². The van der Waals surface area contributed by atoms with Crippen molar-refractivity contribution in [3.05, 3.63) is 48.4 Å². The van der Waals surface area contributed by atoms with E-state index < -0.39 is 10.0 Å². The van der Waals surface area contributed by atoms with Crippen molar-refractivity contribution in [2.24, 2.45) is 0 Å². The van der Waals surface area contributed by atoms with Crippen molar-refractivity contribution >= 4 is 10.0 Å². The molecule has 0 spiro atoms. The van der Waals surface area contributed by atoms with Crippen LogP contribution in [0.1, 0.15) is 38.5 Å². The highest BCUT2D eigenvalue weighted by molar-refractivity contribution is 7.89. The summed E-state index contributed by atoms with van der Waals surface area (Å²) < 4.78 is 35.2. The first-order valence-corrected chi connectivity index (χ1v) is 9.55. The maximum absolute atomic E-state index is 13.0. The molecular weight excluding hydrogens is 326 g/mol. The van der Waals surface area contributed by atoms with Gasteiger partial charge in [0.1, 0.15) is 0 Å². The molecule has 6 nitrogen and oxygen atoms in total. The maximum Gasteiger partial charge on any atom is 0.262 e. The third-order valence-corrected chi connectivity index (χ3v) is 6.16. The Labute approximate surface area is 143 Å². The molecule has 1 aliphatic heterocycles. The van der Waals surface area contributed by atoms with Crippen LogP contribution in [0.3, 0.4) is 0 Å². The van der Waals surface area contributed by atoms with Crippen molar-refractivity contribution < 1.29 is 13.2 Å². The fraction of sp³-hybridized carbons (Fsp3) is 0.471. The second-order valence-electron chi connectivity index (χ2n) is 6.41. The van der Waals surface area contributed by atoms with Crippen molar-refractivity contribution in [2.45, 2.75) is 44.0 Å². The van der Waals surface area contributed by atoms with Gasteiger partial charge in [0.05, 0.1) is 19.0 Å². The first kappa shape index (κ1) is 17.1. The van der Waals surface area contributed by atoms with Gasteiger partial charge in [-0.25, -0.2) is 13.4 Å². The minimum atomic E-state index is -3.64. The standard InChI is InChI=1S/C17H23N3O3S/c1-13(2)19-10-17(18-12-19)24(21,22)20-9-16(23-11-14(20)3)15-7-5-4-6-8-15/h4-8,10,12-14,16H,9,11H2,1-3H3/t14-,16+/m0/s1. The van der Waals surface area contributed by atoms with Crippen LogP contribution in [0, 0.1) is 0 Å². The lowest BCUT2D eigenvalue weighted by Gasteiger charge is -2.36. The van der Waals surface area contributed by atoms with E-state index in [4.69, 9.17) is 4.74 Å². The molecule has 0 bridgehead atoms. The van der Waals surface area contributed by atoms with Crippen LogP contribution in [0.2, 0.25) is 0 Å². The second kappa shape index (κ2) is 6.66. The predicted octanol–water partition coefficient (Wildman–Crippen LogP) is 2.61. The Morgan fingerprint density at radius 2 is 1.96 bits per heavy atom. The predicted molar refractivity (Wildman–Crippen MR) is 91.1 cm³/mol. The molecule has 24 heavy (non-hydrogen) atoms. The molecule has 0 unspecified atom stereocenters.